The lowest BCUT2D eigenvalue weighted by Gasteiger charge is -2.14. The van der Waals surface area contributed by atoms with Gasteiger partial charge in [0.15, 0.2) is 0 Å². The number of alkyl halides is 3. The van der Waals surface area contributed by atoms with Crippen LogP contribution in [-0.4, -0.2) is 28.8 Å². The third-order valence-corrected chi connectivity index (χ3v) is 4.15. The van der Waals surface area contributed by atoms with Crippen LogP contribution in [0.2, 0.25) is 0 Å². The van der Waals surface area contributed by atoms with Gasteiger partial charge in [0.1, 0.15) is 0 Å². The van der Waals surface area contributed by atoms with Crippen molar-refractivity contribution in [2.24, 2.45) is 0 Å². The van der Waals surface area contributed by atoms with Crippen molar-refractivity contribution in [1.29, 1.82) is 0 Å². The molecule has 2 nitrogen and oxygen atoms in total. The molecular weight excluding hydrogens is 297 g/mol. The van der Waals surface area contributed by atoms with Crippen molar-refractivity contribution in [2.75, 3.05) is 11.5 Å². The first kappa shape index (κ1) is 18.4. The number of hydrogen-bond acceptors (Lipinski definition) is 3. The number of hydrogen-bond donors (Lipinski definition) is 1. The molecule has 0 heterocycles. The summed E-state index contributed by atoms with van der Waals surface area (Å²) < 4.78 is 39.3. The van der Waals surface area contributed by atoms with Gasteiger partial charge in [-0.05, 0) is 24.5 Å². The van der Waals surface area contributed by atoms with Crippen molar-refractivity contribution >= 4 is 29.5 Å². The third kappa shape index (κ3) is 7.57. The molecule has 19 heavy (non-hydrogen) atoms. The average Bonchev–Trinajstić information content (AvgIpc) is 2.23. The molecule has 0 aromatic carbocycles. The smallest absolute Gasteiger partial charge is 0.417 e. The molecule has 0 rings (SSSR count). The molecule has 0 bridgehead atoms. The summed E-state index contributed by atoms with van der Waals surface area (Å²) in [4.78, 5) is 10.5. The minimum absolute atomic E-state index is 0.186. The largest absolute Gasteiger partial charge is 0.481 e. The van der Waals surface area contributed by atoms with Crippen LogP contribution in [0.5, 0.6) is 0 Å². The molecule has 0 aliphatic heterocycles. The number of aliphatic carboxylic acids is 1. The molecule has 0 aliphatic rings. The summed E-state index contributed by atoms with van der Waals surface area (Å²) >= 11 is 2.25. The van der Waals surface area contributed by atoms with E-state index in [0.717, 1.165) is 29.6 Å². The van der Waals surface area contributed by atoms with Crippen LogP contribution in [0.4, 0.5) is 13.2 Å². The Kier molecular flexibility index (Phi) is 8.33. The molecular formula is C12H17F3O2S2. The zero-order valence-electron chi connectivity index (χ0n) is 11.0. The van der Waals surface area contributed by atoms with Gasteiger partial charge in [0.2, 0.25) is 0 Å². The summed E-state index contributed by atoms with van der Waals surface area (Å²) in [5.41, 5.74) is -0.560. The highest BCUT2D eigenvalue weighted by Gasteiger charge is 2.35. The molecule has 0 atom stereocenters. The van der Waals surface area contributed by atoms with E-state index < -0.39 is 17.7 Å². The lowest BCUT2D eigenvalue weighted by Crippen LogP contribution is -2.12. The van der Waals surface area contributed by atoms with E-state index in [2.05, 4.69) is 0 Å². The highest BCUT2D eigenvalue weighted by molar-refractivity contribution is 8.22. The molecule has 0 unspecified atom stereocenters. The van der Waals surface area contributed by atoms with E-state index in [-0.39, 0.29) is 16.2 Å². The summed E-state index contributed by atoms with van der Waals surface area (Å²) in [6.45, 7) is 4.95. The molecule has 0 fully saturated rings. The molecule has 0 saturated heterocycles. The van der Waals surface area contributed by atoms with E-state index in [4.69, 9.17) is 5.11 Å². The Balaban J connectivity index is 5.52. The molecule has 110 valence electrons. The Morgan fingerprint density at radius 1 is 1.21 bits per heavy atom. The lowest BCUT2D eigenvalue weighted by atomic mass is 10.1. The maximum Gasteiger partial charge on any atom is 0.417 e. The van der Waals surface area contributed by atoms with Gasteiger partial charge >= 0.3 is 12.1 Å². The maximum atomic E-state index is 13.0. The highest BCUT2D eigenvalue weighted by Crippen LogP contribution is 2.40. The number of carbonyl (C=O) groups is 1. The fraction of sp³-hybridized carbons (Fsp3) is 0.583. The minimum Gasteiger partial charge on any atom is -0.481 e. The van der Waals surface area contributed by atoms with Crippen LogP contribution in [0.15, 0.2) is 21.5 Å². The van der Waals surface area contributed by atoms with Gasteiger partial charge in [0.05, 0.1) is 16.2 Å². The Hall–Kier alpha value is -0.560. The van der Waals surface area contributed by atoms with E-state index in [1.54, 1.807) is 13.8 Å². The second kappa shape index (κ2) is 8.58. The van der Waals surface area contributed by atoms with Gasteiger partial charge in [-0.2, -0.15) is 13.2 Å². The fourth-order valence-corrected chi connectivity index (χ4v) is 3.48. The molecule has 0 aliphatic carbocycles. The Bertz CT molecular complexity index is 366. The summed E-state index contributed by atoms with van der Waals surface area (Å²) in [7, 11) is 0. The summed E-state index contributed by atoms with van der Waals surface area (Å²) in [6, 6.07) is 0. The van der Waals surface area contributed by atoms with Gasteiger partial charge in [0, 0.05) is 0 Å². The zero-order valence-corrected chi connectivity index (χ0v) is 12.6. The van der Waals surface area contributed by atoms with Crippen LogP contribution in [0, 0.1) is 0 Å². The van der Waals surface area contributed by atoms with E-state index >= 15 is 0 Å². The van der Waals surface area contributed by atoms with Crippen LogP contribution in [0.3, 0.4) is 0 Å². The quantitative estimate of drug-likeness (QED) is 0.692. The van der Waals surface area contributed by atoms with Crippen LogP contribution < -0.4 is 0 Å². The SMILES string of the molecule is CCSC(SCC)=C(/C=C(\C)CC(=O)O)C(F)(F)F. The molecule has 0 aromatic heterocycles. The number of rotatable bonds is 7. The molecule has 0 amide bonds. The number of carboxylic acids is 1. The van der Waals surface area contributed by atoms with Gasteiger partial charge in [-0.25, -0.2) is 0 Å². The minimum atomic E-state index is -4.47. The molecule has 1 N–H and O–H groups in total. The first-order valence-electron chi connectivity index (χ1n) is 5.68. The van der Waals surface area contributed by atoms with E-state index in [1.165, 1.54) is 6.92 Å². The number of carboxylic acid groups (broad SMARTS) is 1. The Morgan fingerprint density at radius 2 is 1.68 bits per heavy atom. The Labute approximate surface area is 119 Å². The number of allylic oxidation sites excluding steroid dienone is 2. The van der Waals surface area contributed by atoms with Gasteiger partial charge in [0.25, 0.3) is 0 Å². The molecule has 0 saturated carbocycles. The number of halogens is 3. The van der Waals surface area contributed by atoms with Crippen molar-refractivity contribution in [2.45, 2.75) is 33.4 Å². The molecule has 0 spiro atoms. The third-order valence-electron chi connectivity index (χ3n) is 1.90. The van der Waals surface area contributed by atoms with Gasteiger partial charge in [-0.3, -0.25) is 4.79 Å². The average molecular weight is 314 g/mol. The van der Waals surface area contributed by atoms with Crippen LogP contribution >= 0.6 is 23.5 Å². The number of thioether (sulfide) groups is 2. The van der Waals surface area contributed by atoms with Crippen molar-refractivity contribution in [3.05, 3.63) is 21.5 Å². The zero-order chi connectivity index (χ0) is 15.1. The van der Waals surface area contributed by atoms with Crippen molar-refractivity contribution in [3.8, 4) is 0 Å². The lowest BCUT2D eigenvalue weighted by molar-refractivity contribution is -0.136. The van der Waals surface area contributed by atoms with Crippen molar-refractivity contribution in [1.82, 2.24) is 0 Å². The van der Waals surface area contributed by atoms with Crippen molar-refractivity contribution < 1.29 is 23.1 Å². The van der Waals surface area contributed by atoms with Gasteiger partial charge in [-0.15, -0.1) is 23.5 Å². The highest BCUT2D eigenvalue weighted by atomic mass is 32.2. The molecule has 0 radical (unpaired) electrons. The van der Waals surface area contributed by atoms with Crippen LogP contribution in [0.25, 0.3) is 0 Å². The van der Waals surface area contributed by atoms with Gasteiger partial charge in [-0.1, -0.05) is 19.4 Å². The first-order valence-corrected chi connectivity index (χ1v) is 7.65. The van der Waals surface area contributed by atoms with E-state index in [9.17, 15) is 18.0 Å². The molecule has 7 heteroatoms. The summed E-state index contributed by atoms with van der Waals surface area (Å²) in [5, 5.41) is 8.60. The van der Waals surface area contributed by atoms with Crippen LogP contribution in [0.1, 0.15) is 27.2 Å². The predicted molar refractivity (Wildman–Crippen MR) is 75.4 cm³/mol. The van der Waals surface area contributed by atoms with Crippen LogP contribution in [-0.2, 0) is 4.79 Å². The summed E-state index contributed by atoms with van der Waals surface area (Å²) in [6.07, 6.45) is -3.92. The van der Waals surface area contributed by atoms with Crippen molar-refractivity contribution in [3.63, 3.8) is 0 Å². The topological polar surface area (TPSA) is 37.3 Å². The molecule has 0 aromatic rings. The Morgan fingerprint density at radius 3 is 2.00 bits per heavy atom. The second-order valence-corrected chi connectivity index (χ2v) is 6.43. The summed E-state index contributed by atoms with van der Waals surface area (Å²) in [5.74, 6) is -0.0651. The predicted octanol–water partition coefficient (Wildman–Crippen LogP) is 4.69. The fourth-order valence-electron chi connectivity index (χ4n) is 1.25. The maximum absolute atomic E-state index is 13.0. The van der Waals surface area contributed by atoms with Gasteiger partial charge < -0.3 is 5.11 Å². The first-order chi connectivity index (χ1) is 8.72. The van der Waals surface area contributed by atoms with E-state index in [0.29, 0.717) is 11.5 Å². The second-order valence-electron chi connectivity index (χ2n) is 3.63. The standard InChI is InChI=1S/C12H17F3O2S2/c1-4-18-11(19-5-2)9(12(13,14)15)6-8(3)7-10(16)17/h6H,4-5,7H2,1-3H3,(H,16,17)/b8-6+. The normalized spacial score (nSPS) is 12.4. The van der Waals surface area contributed by atoms with E-state index in [1.807, 2.05) is 0 Å². The monoisotopic (exact) mass is 314 g/mol.